The summed E-state index contributed by atoms with van der Waals surface area (Å²) in [7, 11) is 0. The van der Waals surface area contributed by atoms with Crippen LogP contribution in [0.4, 0.5) is 4.39 Å². The Kier molecular flexibility index (Phi) is 8.56. The lowest BCUT2D eigenvalue weighted by molar-refractivity contribution is -0.141. The summed E-state index contributed by atoms with van der Waals surface area (Å²) in [5.74, 6) is -0.475. The van der Waals surface area contributed by atoms with E-state index in [9.17, 15) is 14.0 Å². The van der Waals surface area contributed by atoms with Gasteiger partial charge in [-0.3, -0.25) is 9.59 Å². The third kappa shape index (κ3) is 7.02. The van der Waals surface area contributed by atoms with Gasteiger partial charge in [0.2, 0.25) is 11.8 Å². The summed E-state index contributed by atoms with van der Waals surface area (Å²) in [6.07, 6.45) is 1.05. The summed E-state index contributed by atoms with van der Waals surface area (Å²) in [5.41, 5.74) is 1.79. The van der Waals surface area contributed by atoms with Crippen molar-refractivity contribution in [3.8, 4) is 0 Å². The number of halogens is 1. The Bertz CT molecular complexity index is 1020. The summed E-state index contributed by atoms with van der Waals surface area (Å²) in [5, 5.41) is 0. The van der Waals surface area contributed by atoms with Crippen molar-refractivity contribution in [1.29, 1.82) is 0 Å². The molecule has 0 aliphatic rings. The first kappa shape index (κ1) is 23.7. The van der Waals surface area contributed by atoms with Gasteiger partial charge in [-0.15, -0.1) is 11.3 Å². The Morgan fingerprint density at radius 1 is 0.844 bits per heavy atom. The second-order valence-electron chi connectivity index (χ2n) is 7.87. The molecule has 1 heterocycles. The molecule has 32 heavy (non-hydrogen) atoms. The summed E-state index contributed by atoms with van der Waals surface area (Å²) in [6.45, 7) is 5.42. The van der Waals surface area contributed by atoms with Crippen molar-refractivity contribution < 1.29 is 14.0 Å². The number of amides is 2. The Morgan fingerprint density at radius 2 is 1.56 bits per heavy atom. The maximum atomic E-state index is 13.3. The maximum Gasteiger partial charge on any atom is 0.242 e. The molecule has 6 heteroatoms. The first-order valence-corrected chi connectivity index (χ1v) is 11.7. The van der Waals surface area contributed by atoms with E-state index in [0.29, 0.717) is 19.6 Å². The number of aryl methyl sites for hydroxylation is 1. The van der Waals surface area contributed by atoms with Gasteiger partial charge in [0.1, 0.15) is 5.82 Å². The Balaban J connectivity index is 1.74. The molecule has 3 rings (SSSR count). The van der Waals surface area contributed by atoms with E-state index in [2.05, 4.69) is 0 Å². The number of nitrogens with zero attached hydrogens (tertiary/aromatic N) is 2. The molecule has 0 saturated carbocycles. The van der Waals surface area contributed by atoms with Crippen LogP contribution in [0, 0.1) is 12.7 Å². The van der Waals surface area contributed by atoms with E-state index in [0.717, 1.165) is 22.4 Å². The lowest BCUT2D eigenvalue weighted by Gasteiger charge is -2.27. The van der Waals surface area contributed by atoms with Gasteiger partial charge < -0.3 is 9.80 Å². The summed E-state index contributed by atoms with van der Waals surface area (Å²) >= 11 is 1.65. The molecule has 0 bridgehead atoms. The van der Waals surface area contributed by atoms with Crippen molar-refractivity contribution in [3.63, 3.8) is 0 Å². The van der Waals surface area contributed by atoms with Crippen LogP contribution in [0.2, 0.25) is 0 Å². The number of carbonyl (C=O) groups excluding carboxylic acids is 2. The van der Waals surface area contributed by atoms with Crippen LogP contribution in [0.15, 0.2) is 66.7 Å². The second kappa shape index (κ2) is 11.6. The van der Waals surface area contributed by atoms with Crippen LogP contribution in [0.25, 0.3) is 0 Å². The fourth-order valence-corrected chi connectivity index (χ4v) is 4.41. The predicted octanol–water partition coefficient (Wildman–Crippen LogP) is 5.21. The van der Waals surface area contributed by atoms with Crippen LogP contribution in [0.1, 0.15) is 34.2 Å². The third-order valence-electron chi connectivity index (χ3n) is 5.15. The van der Waals surface area contributed by atoms with Gasteiger partial charge in [-0.2, -0.15) is 0 Å². The first-order chi connectivity index (χ1) is 15.4. The number of benzene rings is 2. The number of rotatable bonds is 10. The van der Waals surface area contributed by atoms with E-state index in [4.69, 9.17) is 0 Å². The Morgan fingerprint density at radius 3 is 2.19 bits per heavy atom. The molecule has 0 fully saturated rings. The van der Waals surface area contributed by atoms with Crippen LogP contribution in [0.3, 0.4) is 0 Å². The van der Waals surface area contributed by atoms with Gasteiger partial charge in [0, 0.05) is 22.8 Å². The molecule has 0 saturated heterocycles. The zero-order valence-corrected chi connectivity index (χ0v) is 19.4. The van der Waals surface area contributed by atoms with Gasteiger partial charge in [0.05, 0.1) is 19.5 Å². The minimum atomic E-state index is -0.305. The van der Waals surface area contributed by atoms with Gasteiger partial charge in [-0.05, 0) is 48.7 Å². The van der Waals surface area contributed by atoms with E-state index in [1.807, 2.05) is 56.3 Å². The molecule has 0 N–H and O–H groups in total. The highest BCUT2D eigenvalue weighted by Gasteiger charge is 2.22. The maximum absolute atomic E-state index is 13.3. The fourth-order valence-electron chi connectivity index (χ4n) is 3.51. The van der Waals surface area contributed by atoms with Crippen LogP contribution in [0.5, 0.6) is 0 Å². The monoisotopic (exact) mass is 452 g/mol. The molecule has 2 aromatic carbocycles. The van der Waals surface area contributed by atoms with Crippen LogP contribution in [-0.2, 0) is 29.1 Å². The van der Waals surface area contributed by atoms with Gasteiger partial charge in [-0.1, -0.05) is 49.4 Å². The first-order valence-electron chi connectivity index (χ1n) is 10.8. The smallest absolute Gasteiger partial charge is 0.242 e. The predicted molar refractivity (Wildman–Crippen MR) is 127 cm³/mol. The molecule has 168 valence electrons. The fraction of sp³-hybridized carbons (Fsp3) is 0.308. The molecule has 2 amide bonds. The normalized spacial score (nSPS) is 10.7. The minimum absolute atomic E-state index is 0.0328. The van der Waals surface area contributed by atoms with Gasteiger partial charge in [0.25, 0.3) is 0 Å². The van der Waals surface area contributed by atoms with Gasteiger partial charge in [0.15, 0.2) is 0 Å². The van der Waals surface area contributed by atoms with E-state index in [1.165, 1.54) is 17.0 Å². The van der Waals surface area contributed by atoms with E-state index < -0.39 is 0 Å². The Hall–Kier alpha value is -2.99. The highest BCUT2D eigenvalue weighted by atomic mass is 32.1. The number of hydrogen-bond donors (Lipinski definition) is 0. The second-order valence-corrected chi connectivity index (χ2v) is 9.24. The highest BCUT2D eigenvalue weighted by Crippen LogP contribution is 2.19. The highest BCUT2D eigenvalue weighted by molar-refractivity contribution is 7.11. The summed E-state index contributed by atoms with van der Waals surface area (Å²) in [6, 6.07) is 19.8. The topological polar surface area (TPSA) is 40.6 Å². The Labute approximate surface area is 193 Å². The molecule has 0 radical (unpaired) electrons. The molecule has 0 aliphatic carbocycles. The SMILES string of the molecule is CCCN(CC(=O)N(Cc1ccc(F)cc1)Cc1ccc(C)s1)C(=O)Cc1ccccc1. The lowest BCUT2D eigenvalue weighted by atomic mass is 10.1. The zero-order valence-electron chi connectivity index (χ0n) is 18.6. The van der Waals surface area contributed by atoms with E-state index in [1.54, 1.807) is 33.3 Å². The van der Waals surface area contributed by atoms with Crippen LogP contribution in [-0.4, -0.2) is 34.7 Å². The molecule has 0 unspecified atom stereocenters. The van der Waals surface area contributed by atoms with E-state index >= 15 is 0 Å². The molecular formula is C26H29FN2O2S. The van der Waals surface area contributed by atoms with Crippen molar-refractivity contribution in [1.82, 2.24) is 9.80 Å². The molecule has 0 atom stereocenters. The van der Waals surface area contributed by atoms with Crippen molar-refractivity contribution in [3.05, 3.63) is 93.4 Å². The number of hydrogen-bond acceptors (Lipinski definition) is 3. The number of thiophene rings is 1. The molecule has 3 aromatic rings. The van der Waals surface area contributed by atoms with Crippen molar-refractivity contribution in [2.24, 2.45) is 0 Å². The van der Waals surface area contributed by atoms with Crippen molar-refractivity contribution >= 4 is 23.2 Å². The van der Waals surface area contributed by atoms with Crippen LogP contribution >= 0.6 is 11.3 Å². The molecule has 4 nitrogen and oxygen atoms in total. The van der Waals surface area contributed by atoms with Crippen molar-refractivity contribution in [2.75, 3.05) is 13.1 Å². The standard InChI is InChI=1S/C26H29FN2O2S/c1-3-15-28(25(30)16-21-7-5-4-6-8-21)19-26(31)29(18-24-14-9-20(2)32-24)17-22-10-12-23(27)13-11-22/h4-14H,3,15-19H2,1-2H3. The molecule has 1 aromatic heterocycles. The minimum Gasteiger partial charge on any atom is -0.333 e. The van der Waals surface area contributed by atoms with Gasteiger partial charge in [-0.25, -0.2) is 4.39 Å². The summed E-state index contributed by atoms with van der Waals surface area (Å²) < 4.78 is 13.3. The zero-order chi connectivity index (χ0) is 22.9. The molecule has 0 aliphatic heterocycles. The average molecular weight is 453 g/mol. The summed E-state index contributed by atoms with van der Waals surface area (Å²) in [4.78, 5) is 31.9. The van der Waals surface area contributed by atoms with Gasteiger partial charge >= 0.3 is 0 Å². The third-order valence-corrected chi connectivity index (χ3v) is 6.14. The van der Waals surface area contributed by atoms with Crippen LogP contribution < -0.4 is 0 Å². The average Bonchev–Trinajstić information content (AvgIpc) is 3.19. The number of carbonyl (C=O) groups is 2. The van der Waals surface area contributed by atoms with E-state index in [-0.39, 0.29) is 30.6 Å². The quantitative estimate of drug-likeness (QED) is 0.424. The molecular weight excluding hydrogens is 423 g/mol. The largest absolute Gasteiger partial charge is 0.333 e. The molecule has 0 spiro atoms. The lowest BCUT2D eigenvalue weighted by Crippen LogP contribution is -2.43. The van der Waals surface area contributed by atoms with Crippen molar-refractivity contribution in [2.45, 2.75) is 39.8 Å².